The summed E-state index contributed by atoms with van der Waals surface area (Å²) >= 11 is 0. The fourth-order valence-electron chi connectivity index (χ4n) is 2.09. The van der Waals surface area contributed by atoms with Crippen LogP contribution in [-0.2, 0) is 4.79 Å². The van der Waals surface area contributed by atoms with E-state index in [9.17, 15) is 9.90 Å². The van der Waals surface area contributed by atoms with Crippen molar-refractivity contribution in [2.45, 2.75) is 25.8 Å². The number of ether oxygens (including phenoxy) is 1. The van der Waals surface area contributed by atoms with Crippen molar-refractivity contribution in [3.05, 3.63) is 29.8 Å². The Kier molecular flexibility index (Phi) is 3.87. The first-order valence-electron chi connectivity index (χ1n) is 6.26. The largest absolute Gasteiger partial charge is 0.492 e. The van der Waals surface area contributed by atoms with Crippen LogP contribution in [0.3, 0.4) is 0 Å². The molecule has 2 atom stereocenters. The number of aliphatic hydroxyl groups excluding tert-OH is 1. The van der Waals surface area contributed by atoms with Gasteiger partial charge in [-0.15, -0.1) is 0 Å². The molecule has 4 heteroatoms. The highest BCUT2D eigenvalue weighted by Gasteiger charge is 2.31. The van der Waals surface area contributed by atoms with Crippen molar-refractivity contribution in [1.82, 2.24) is 5.32 Å². The molecule has 4 nitrogen and oxygen atoms in total. The summed E-state index contributed by atoms with van der Waals surface area (Å²) in [5.74, 6) is 0.640. The Labute approximate surface area is 107 Å². The molecule has 18 heavy (non-hydrogen) atoms. The van der Waals surface area contributed by atoms with Crippen LogP contribution in [0.5, 0.6) is 5.75 Å². The minimum atomic E-state index is -0.269. The topological polar surface area (TPSA) is 58.6 Å². The van der Waals surface area contributed by atoms with E-state index >= 15 is 0 Å². The summed E-state index contributed by atoms with van der Waals surface area (Å²) in [6, 6.07) is 7.37. The zero-order valence-electron chi connectivity index (χ0n) is 10.7. The second-order valence-electron chi connectivity index (χ2n) is 4.94. The predicted octanol–water partition coefficient (Wildman–Crippen LogP) is 1.30. The molecule has 0 saturated carbocycles. The molecule has 1 heterocycles. The second kappa shape index (κ2) is 5.40. The normalized spacial score (nSPS) is 19.2. The summed E-state index contributed by atoms with van der Waals surface area (Å²) in [7, 11) is 0. The molecule has 0 aliphatic carbocycles. The minimum Gasteiger partial charge on any atom is -0.492 e. The molecule has 0 fully saturated rings. The molecule has 1 aliphatic rings. The van der Waals surface area contributed by atoms with Crippen molar-refractivity contribution in [3.63, 3.8) is 0 Å². The number of aliphatic hydroxyl groups is 1. The third-order valence-electron chi connectivity index (χ3n) is 3.35. The van der Waals surface area contributed by atoms with Crippen LogP contribution in [0.25, 0.3) is 0 Å². The lowest BCUT2D eigenvalue weighted by atomic mass is 9.98. The quantitative estimate of drug-likeness (QED) is 0.845. The van der Waals surface area contributed by atoms with Gasteiger partial charge >= 0.3 is 0 Å². The summed E-state index contributed by atoms with van der Waals surface area (Å²) in [4.78, 5) is 12.2. The van der Waals surface area contributed by atoms with Gasteiger partial charge in [-0.3, -0.25) is 4.79 Å². The number of carbonyl (C=O) groups excluding carboxylic acids is 1. The van der Waals surface area contributed by atoms with Crippen LogP contribution in [0.2, 0.25) is 0 Å². The molecule has 1 aromatic carbocycles. The molecule has 0 radical (unpaired) electrons. The van der Waals surface area contributed by atoms with E-state index in [-0.39, 0.29) is 30.4 Å². The zero-order valence-corrected chi connectivity index (χ0v) is 10.7. The predicted molar refractivity (Wildman–Crippen MR) is 68.5 cm³/mol. The van der Waals surface area contributed by atoms with Crippen molar-refractivity contribution >= 4 is 5.91 Å². The lowest BCUT2D eigenvalue weighted by molar-refractivity contribution is -0.124. The van der Waals surface area contributed by atoms with Crippen molar-refractivity contribution in [1.29, 1.82) is 0 Å². The zero-order chi connectivity index (χ0) is 13.1. The van der Waals surface area contributed by atoms with E-state index in [2.05, 4.69) is 5.32 Å². The third kappa shape index (κ3) is 2.48. The highest BCUT2D eigenvalue weighted by atomic mass is 16.5. The first-order valence-corrected chi connectivity index (χ1v) is 6.26. The van der Waals surface area contributed by atoms with Crippen LogP contribution in [-0.4, -0.2) is 30.3 Å². The maximum atomic E-state index is 12.2. The molecular formula is C14H19NO3. The number of nitrogens with one attached hydrogen (secondary N) is 1. The molecule has 98 valence electrons. The number of rotatable bonds is 4. The van der Waals surface area contributed by atoms with E-state index in [1.54, 1.807) is 0 Å². The van der Waals surface area contributed by atoms with Crippen LogP contribution >= 0.6 is 0 Å². The molecule has 1 aromatic rings. The lowest BCUT2D eigenvalue weighted by Crippen LogP contribution is -2.43. The highest BCUT2D eigenvalue weighted by molar-refractivity contribution is 5.85. The lowest BCUT2D eigenvalue weighted by Gasteiger charge is -2.21. The molecule has 1 amide bonds. The van der Waals surface area contributed by atoms with Gasteiger partial charge in [0.15, 0.2) is 0 Å². The molecule has 1 aliphatic heterocycles. The Morgan fingerprint density at radius 1 is 1.50 bits per heavy atom. The first-order chi connectivity index (χ1) is 8.63. The maximum absolute atomic E-state index is 12.2. The van der Waals surface area contributed by atoms with E-state index in [0.717, 1.165) is 11.3 Å². The minimum absolute atomic E-state index is 0.0430. The van der Waals surface area contributed by atoms with E-state index in [1.165, 1.54) is 0 Å². The third-order valence-corrected chi connectivity index (χ3v) is 3.35. The molecule has 0 bridgehead atoms. The second-order valence-corrected chi connectivity index (χ2v) is 4.94. The van der Waals surface area contributed by atoms with Gasteiger partial charge in [-0.1, -0.05) is 32.0 Å². The van der Waals surface area contributed by atoms with Gasteiger partial charge in [0.05, 0.1) is 12.6 Å². The van der Waals surface area contributed by atoms with E-state index in [1.807, 2.05) is 38.1 Å². The fraction of sp³-hybridized carbons (Fsp3) is 0.500. The summed E-state index contributed by atoms with van der Waals surface area (Å²) in [5.41, 5.74) is 0.926. The molecular weight excluding hydrogens is 230 g/mol. The summed E-state index contributed by atoms with van der Waals surface area (Å²) in [6.45, 7) is 4.28. The smallest absolute Gasteiger partial charge is 0.231 e. The molecule has 2 rings (SSSR count). The average Bonchev–Trinajstić information content (AvgIpc) is 2.79. The Bertz CT molecular complexity index is 431. The summed E-state index contributed by atoms with van der Waals surface area (Å²) in [6.07, 6.45) is 0. The molecule has 0 saturated heterocycles. The van der Waals surface area contributed by atoms with Crippen LogP contribution in [0.15, 0.2) is 24.3 Å². The van der Waals surface area contributed by atoms with Gasteiger partial charge in [0.2, 0.25) is 5.91 Å². The first kappa shape index (κ1) is 12.9. The number of fused-ring (bicyclic) bond motifs is 1. The van der Waals surface area contributed by atoms with Gasteiger partial charge in [0.25, 0.3) is 0 Å². The van der Waals surface area contributed by atoms with Gasteiger partial charge in [0, 0.05) is 5.56 Å². The number of amides is 1. The molecule has 0 aromatic heterocycles. The highest BCUT2D eigenvalue weighted by Crippen LogP contribution is 2.33. The van der Waals surface area contributed by atoms with Gasteiger partial charge in [-0.05, 0) is 12.0 Å². The van der Waals surface area contributed by atoms with Gasteiger partial charge in [0.1, 0.15) is 18.3 Å². The SMILES string of the molecule is CC(C)[C@@H](CO)NC(=O)C1COc2ccccc21. The number of hydrogen-bond donors (Lipinski definition) is 2. The monoisotopic (exact) mass is 249 g/mol. The van der Waals surface area contributed by atoms with Crippen LogP contribution in [0, 0.1) is 5.92 Å². The van der Waals surface area contributed by atoms with Crippen LogP contribution in [0.4, 0.5) is 0 Å². The van der Waals surface area contributed by atoms with Crippen molar-refractivity contribution in [2.24, 2.45) is 5.92 Å². The van der Waals surface area contributed by atoms with Gasteiger partial charge < -0.3 is 15.2 Å². The van der Waals surface area contributed by atoms with Crippen LogP contribution < -0.4 is 10.1 Å². The van der Waals surface area contributed by atoms with Crippen molar-refractivity contribution < 1.29 is 14.6 Å². The summed E-state index contributed by atoms with van der Waals surface area (Å²) in [5, 5.41) is 12.1. The van der Waals surface area contributed by atoms with Gasteiger partial charge in [-0.25, -0.2) is 0 Å². The molecule has 0 spiro atoms. The Morgan fingerprint density at radius 2 is 2.22 bits per heavy atom. The maximum Gasteiger partial charge on any atom is 0.231 e. The number of hydrogen-bond acceptors (Lipinski definition) is 3. The number of carbonyl (C=O) groups is 1. The fourth-order valence-corrected chi connectivity index (χ4v) is 2.09. The Hall–Kier alpha value is -1.55. The standard InChI is InChI=1S/C14H19NO3/c1-9(2)12(7-16)15-14(17)11-8-18-13-6-4-3-5-10(11)13/h3-6,9,11-12,16H,7-8H2,1-2H3,(H,15,17)/t11?,12-/m1/s1. The Balaban J connectivity index is 2.07. The average molecular weight is 249 g/mol. The van der Waals surface area contributed by atoms with Crippen molar-refractivity contribution in [3.8, 4) is 5.75 Å². The van der Waals surface area contributed by atoms with E-state index in [4.69, 9.17) is 4.74 Å². The Morgan fingerprint density at radius 3 is 2.89 bits per heavy atom. The molecule has 2 N–H and O–H groups in total. The van der Waals surface area contributed by atoms with Crippen molar-refractivity contribution in [2.75, 3.05) is 13.2 Å². The van der Waals surface area contributed by atoms with Crippen LogP contribution in [0.1, 0.15) is 25.3 Å². The van der Waals surface area contributed by atoms with Gasteiger partial charge in [-0.2, -0.15) is 0 Å². The van der Waals surface area contributed by atoms with E-state index in [0.29, 0.717) is 6.61 Å². The van der Waals surface area contributed by atoms with E-state index < -0.39 is 0 Å². The number of benzene rings is 1. The number of para-hydroxylation sites is 1. The molecule has 1 unspecified atom stereocenters. The summed E-state index contributed by atoms with van der Waals surface area (Å²) < 4.78 is 5.48.